The van der Waals surface area contributed by atoms with Crippen molar-refractivity contribution in [2.24, 2.45) is 0 Å². The summed E-state index contributed by atoms with van der Waals surface area (Å²) in [6, 6.07) is 5.82. The molecule has 2 aromatic rings. The van der Waals surface area contributed by atoms with Crippen LogP contribution in [0, 0.1) is 0 Å². The molecular formula is C15H17BrN2OS. The topological polar surface area (TPSA) is 33.2 Å². The van der Waals surface area contributed by atoms with Gasteiger partial charge in [0.1, 0.15) is 0 Å². The van der Waals surface area contributed by atoms with E-state index in [-0.39, 0.29) is 5.91 Å². The van der Waals surface area contributed by atoms with E-state index in [1.165, 1.54) is 4.88 Å². The number of aromatic nitrogens is 1. The second-order valence-electron chi connectivity index (χ2n) is 4.41. The van der Waals surface area contributed by atoms with Crippen molar-refractivity contribution in [1.29, 1.82) is 0 Å². The zero-order chi connectivity index (χ0) is 14.5. The lowest BCUT2D eigenvalue weighted by atomic mass is 10.2. The molecule has 0 aliphatic heterocycles. The van der Waals surface area contributed by atoms with Gasteiger partial charge >= 0.3 is 0 Å². The van der Waals surface area contributed by atoms with Crippen molar-refractivity contribution in [1.82, 2.24) is 9.88 Å². The molecule has 106 valence electrons. The molecule has 0 saturated carbocycles. The smallest absolute Gasteiger partial charge is 0.264 e. The van der Waals surface area contributed by atoms with Gasteiger partial charge in [-0.25, -0.2) is 0 Å². The van der Waals surface area contributed by atoms with Crippen LogP contribution in [-0.2, 0) is 13.0 Å². The average Bonchev–Trinajstić information content (AvgIpc) is 2.86. The Hall–Kier alpha value is -1.20. The second-order valence-corrected chi connectivity index (χ2v) is 6.40. The highest BCUT2D eigenvalue weighted by molar-refractivity contribution is 9.10. The molecule has 0 aliphatic carbocycles. The Labute approximate surface area is 131 Å². The molecular weight excluding hydrogens is 336 g/mol. The standard InChI is InChI=1S/C15H17BrN2OS/c1-3-13-12(16)9-14(20-13)15(19)18(4-2)10-11-5-7-17-8-6-11/h5-9H,3-4,10H2,1-2H3. The molecule has 2 aromatic heterocycles. The van der Waals surface area contributed by atoms with Crippen LogP contribution in [0.1, 0.15) is 34.0 Å². The zero-order valence-corrected chi connectivity index (χ0v) is 14.0. The van der Waals surface area contributed by atoms with Crippen molar-refractivity contribution in [3.05, 3.63) is 50.4 Å². The lowest BCUT2D eigenvalue weighted by molar-refractivity contribution is 0.0757. The van der Waals surface area contributed by atoms with Gasteiger partial charge in [0.05, 0.1) is 4.88 Å². The summed E-state index contributed by atoms with van der Waals surface area (Å²) in [5.74, 6) is 0.0923. The van der Waals surface area contributed by atoms with Crippen molar-refractivity contribution >= 4 is 33.2 Å². The van der Waals surface area contributed by atoms with E-state index in [0.29, 0.717) is 13.1 Å². The van der Waals surface area contributed by atoms with Crippen LogP contribution in [0.15, 0.2) is 35.1 Å². The van der Waals surface area contributed by atoms with Gasteiger partial charge in [0, 0.05) is 34.8 Å². The van der Waals surface area contributed by atoms with Gasteiger partial charge in [0.15, 0.2) is 0 Å². The summed E-state index contributed by atoms with van der Waals surface area (Å²) in [7, 11) is 0. The predicted molar refractivity (Wildman–Crippen MR) is 86.0 cm³/mol. The first-order valence-corrected chi connectivity index (χ1v) is 8.23. The van der Waals surface area contributed by atoms with Crippen LogP contribution in [0.3, 0.4) is 0 Å². The highest BCUT2D eigenvalue weighted by atomic mass is 79.9. The minimum absolute atomic E-state index is 0.0923. The Kier molecular flexibility index (Phi) is 5.31. The molecule has 0 aromatic carbocycles. The Morgan fingerprint density at radius 3 is 2.60 bits per heavy atom. The number of hydrogen-bond donors (Lipinski definition) is 0. The molecule has 5 heteroatoms. The largest absolute Gasteiger partial charge is 0.334 e. The third-order valence-electron chi connectivity index (χ3n) is 3.08. The van der Waals surface area contributed by atoms with Crippen LogP contribution in [-0.4, -0.2) is 22.3 Å². The summed E-state index contributed by atoms with van der Waals surface area (Å²) >= 11 is 5.09. The van der Waals surface area contributed by atoms with E-state index in [0.717, 1.165) is 21.3 Å². The second kappa shape index (κ2) is 6.99. The number of rotatable bonds is 5. The lowest BCUT2D eigenvalue weighted by Crippen LogP contribution is -2.29. The molecule has 20 heavy (non-hydrogen) atoms. The van der Waals surface area contributed by atoms with Gasteiger partial charge in [0.25, 0.3) is 5.91 Å². The first-order chi connectivity index (χ1) is 9.65. The fourth-order valence-electron chi connectivity index (χ4n) is 1.94. The van der Waals surface area contributed by atoms with E-state index in [9.17, 15) is 4.79 Å². The van der Waals surface area contributed by atoms with E-state index in [1.807, 2.05) is 30.0 Å². The molecule has 0 saturated heterocycles. The van der Waals surface area contributed by atoms with Gasteiger partial charge in [0.2, 0.25) is 0 Å². The monoisotopic (exact) mass is 352 g/mol. The molecule has 2 rings (SSSR count). The maximum Gasteiger partial charge on any atom is 0.264 e. The molecule has 0 radical (unpaired) electrons. The highest BCUT2D eigenvalue weighted by Crippen LogP contribution is 2.29. The third-order valence-corrected chi connectivity index (χ3v) is 5.32. The SMILES string of the molecule is CCc1sc(C(=O)N(CC)Cc2ccncc2)cc1Br. The van der Waals surface area contributed by atoms with Crippen molar-refractivity contribution < 1.29 is 4.79 Å². The number of carbonyl (C=O) groups excluding carboxylic acids is 1. The Morgan fingerprint density at radius 2 is 2.05 bits per heavy atom. The van der Waals surface area contributed by atoms with E-state index in [2.05, 4.69) is 27.8 Å². The number of hydrogen-bond acceptors (Lipinski definition) is 3. The maximum absolute atomic E-state index is 12.6. The first kappa shape index (κ1) is 15.2. The fraction of sp³-hybridized carbons (Fsp3) is 0.333. The number of carbonyl (C=O) groups is 1. The quantitative estimate of drug-likeness (QED) is 0.810. The average molecular weight is 353 g/mol. The van der Waals surface area contributed by atoms with Crippen LogP contribution in [0.2, 0.25) is 0 Å². The van der Waals surface area contributed by atoms with Crippen LogP contribution >= 0.6 is 27.3 Å². The van der Waals surface area contributed by atoms with Crippen LogP contribution in [0.25, 0.3) is 0 Å². The van der Waals surface area contributed by atoms with Crippen molar-refractivity contribution in [2.45, 2.75) is 26.8 Å². The first-order valence-electron chi connectivity index (χ1n) is 6.62. The molecule has 0 atom stereocenters. The highest BCUT2D eigenvalue weighted by Gasteiger charge is 2.18. The summed E-state index contributed by atoms with van der Waals surface area (Å²) in [6.07, 6.45) is 4.45. The van der Waals surface area contributed by atoms with Crippen molar-refractivity contribution in [3.8, 4) is 0 Å². The molecule has 1 amide bonds. The molecule has 0 N–H and O–H groups in total. The summed E-state index contributed by atoms with van der Waals surface area (Å²) in [5.41, 5.74) is 1.10. The van der Waals surface area contributed by atoms with Gasteiger partial charge in [-0.2, -0.15) is 0 Å². The number of pyridine rings is 1. The third kappa shape index (κ3) is 3.46. The number of thiophene rings is 1. The number of halogens is 1. The lowest BCUT2D eigenvalue weighted by Gasteiger charge is -2.20. The predicted octanol–water partition coefficient (Wildman–Crippen LogP) is 4.13. The Bertz CT molecular complexity index is 583. The summed E-state index contributed by atoms with van der Waals surface area (Å²) in [5, 5.41) is 0. The Morgan fingerprint density at radius 1 is 1.35 bits per heavy atom. The van der Waals surface area contributed by atoms with Crippen LogP contribution in [0.4, 0.5) is 0 Å². The van der Waals surface area contributed by atoms with Crippen LogP contribution < -0.4 is 0 Å². The van der Waals surface area contributed by atoms with E-state index >= 15 is 0 Å². The van der Waals surface area contributed by atoms with E-state index in [4.69, 9.17) is 0 Å². The molecule has 0 spiro atoms. The maximum atomic E-state index is 12.6. The number of aryl methyl sites for hydroxylation is 1. The number of nitrogens with zero attached hydrogens (tertiary/aromatic N) is 2. The van der Waals surface area contributed by atoms with Crippen molar-refractivity contribution in [3.63, 3.8) is 0 Å². The minimum atomic E-state index is 0.0923. The fourth-order valence-corrected chi connectivity index (χ4v) is 3.81. The van der Waals surface area contributed by atoms with Crippen molar-refractivity contribution in [2.75, 3.05) is 6.54 Å². The minimum Gasteiger partial charge on any atom is -0.334 e. The van der Waals surface area contributed by atoms with Gasteiger partial charge < -0.3 is 4.90 Å². The zero-order valence-electron chi connectivity index (χ0n) is 11.6. The van der Waals surface area contributed by atoms with Gasteiger partial charge in [-0.05, 0) is 53.0 Å². The summed E-state index contributed by atoms with van der Waals surface area (Å²) < 4.78 is 1.04. The van der Waals surface area contributed by atoms with Gasteiger partial charge in [-0.1, -0.05) is 6.92 Å². The normalized spacial score (nSPS) is 10.6. The van der Waals surface area contributed by atoms with Crippen LogP contribution in [0.5, 0.6) is 0 Å². The van der Waals surface area contributed by atoms with Gasteiger partial charge in [-0.3, -0.25) is 9.78 Å². The molecule has 0 aliphatic rings. The van der Waals surface area contributed by atoms with E-state index in [1.54, 1.807) is 23.7 Å². The molecule has 0 fully saturated rings. The number of amides is 1. The van der Waals surface area contributed by atoms with E-state index < -0.39 is 0 Å². The summed E-state index contributed by atoms with van der Waals surface area (Å²) in [6.45, 7) is 5.41. The molecule has 0 unspecified atom stereocenters. The molecule has 0 bridgehead atoms. The Balaban J connectivity index is 2.16. The summed E-state index contributed by atoms with van der Waals surface area (Å²) in [4.78, 5) is 20.4. The molecule has 3 nitrogen and oxygen atoms in total. The van der Waals surface area contributed by atoms with Gasteiger partial charge in [-0.15, -0.1) is 11.3 Å². The molecule has 2 heterocycles.